The summed E-state index contributed by atoms with van der Waals surface area (Å²) in [5.74, 6) is 2.26. The number of rotatable bonds is 6. The average Bonchev–Trinajstić information content (AvgIpc) is 3.45. The Labute approximate surface area is 145 Å². The van der Waals surface area contributed by atoms with Crippen LogP contribution in [0.5, 0.6) is 0 Å². The van der Waals surface area contributed by atoms with Gasteiger partial charge in [0.1, 0.15) is 0 Å². The van der Waals surface area contributed by atoms with E-state index in [9.17, 15) is 0 Å². The van der Waals surface area contributed by atoms with Gasteiger partial charge in [-0.1, -0.05) is 92.6 Å². The lowest BCUT2D eigenvalue weighted by Crippen LogP contribution is -2.05. The predicted molar refractivity (Wildman–Crippen MR) is 104 cm³/mol. The van der Waals surface area contributed by atoms with Crippen molar-refractivity contribution in [2.24, 2.45) is 5.92 Å². The molecular formula is C24H26. The number of hydrogen-bond acceptors (Lipinski definition) is 0. The zero-order valence-corrected chi connectivity index (χ0v) is 14.5. The Morgan fingerprint density at radius 3 is 2.25 bits per heavy atom. The third-order valence-corrected chi connectivity index (χ3v) is 5.57. The fourth-order valence-electron chi connectivity index (χ4n) is 3.93. The maximum Gasteiger partial charge on any atom is -0.0154 e. The third kappa shape index (κ3) is 3.53. The minimum absolute atomic E-state index is 0.596. The molecule has 0 aromatic heterocycles. The Morgan fingerprint density at radius 2 is 1.50 bits per heavy atom. The smallest absolute Gasteiger partial charge is 0.0154 e. The highest BCUT2D eigenvalue weighted by atomic mass is 14.3. The second-order valence-electron chi connectivity index (χ2n) is 7.53. The van der Waals surface area contributed by atoms with E-state index in [1.165, 1.54) is 47.6 Å². The third-order valence-electron chi connectivity index (χ3n) is 5.57. The van der Waals surface area contributed by atoms with Crippen molar-refractivity contribution < 1.29 is 0 Å². The van der Waals surface area contributed by atoms with Crippen LogP contribution in [0.1, 0.15) is 55.6 Å². The van der Waals surface area contributed by atoms with Crippen molar-refractivity contribution in [2.45, 2.75) is 44.4 Å². The second kappa shape index (κ2) is 6.81. The van der Waals surface area contributed by atoms with Crippen molar-refractivity contribution in [3.8, 4) is 0 Å². The number of hydrogen-bond donors (Lipinski definition) is 0. The average molecular weight is 314 g/mol. The zero-order chi connectivity index (χ0) is 16.4. The quantitative estimate of drug-likeness (QED) is 0.463. The molecule has 0 radical (unpaired) electrons. The van der Waals surface area contributed by atoms with Gasteiger partial charge in [0.05, 0.1) is 0 Å². The summed E-state index contributed by atoms with van der Waals surface area (Å²) in [6.45, 7) is 2.40. The van der Waals surface area contributed by atoms with Gasteiger partial charge in [-0.05, 0) is 52.5 Å². The molecule has 0 amide bonds. The van der Waals surface area contributed by atoms with E-state index in [2.05, 4.69) is 79.7 Å². The molecule has 0 nitrogen and oxygen atoms in total. The maximum atomic E-state index is 2.40. The fourth-order valence-corrected chi connectivity index (χ4v) is 3.93. The summed E-state index contributed by atoms with van der Waals surface area (Å²) in [5, 5.41) is 2.70. The molecule has 2 atom stereocenters. The molecule has 0 heteroatoms. The van der Waals surface area contributed by atoms with E-state index in [4.69, 9.17) is 0 Å². The molecule has 1 aliphatic rings. The highest BCUT2D eigenvalue weighted by Crippen LogP contribution is 2.42. The molecule has 1 aliphatic carbocycles. The Hall–Kier alpha value is -2.08. The highest BCUT2D eigenvalue weighted by molar-refractivity contribution is 5.83. The van der Waals surface area contributed by atoms with Crippen LogP contribution in [0.25, 0.3) is 10.8 Å². The van der Waals surface area contributed by atoms with Gasteiger partial charge in [0, 0.05) is 0 Å². The highest BCUT2D eigenvalue weighted by Gasteiger charge is 2.27. The molecule has 0 spiro atoms. The van der Waals surface area contributed by atoms with Crippen LogP contribution in [0.2, 0.25) is 0 Å². The minimum Gasteiger partial charge on any atom is -0.0622 e. The summed E-state index contributed by atoms with van der Waals surface area (Å²) < 4.78 is 0. The minimum atomic E-state index is 0.596. The molecule has 0 unspecified atom stereocenters. The standard InChI is InChI=1S/C24H26/c1-18(22-14-13-21-9-5-6-10-23(21)17-22)15-24(16-19-11-12-19)20-7-3-2-4-8-20/h2-10,13-14,17-19,24H,11-12,15-16H2,1H3/t18-,24+/m0/s1. The van der Waals surface area contributed by atoms with E-state index in [0.29, 0.717) is 11.8 Å². The first kappa shape index (κ1) is 15.4. The molecule has 122 valence electrons. The summed E-state index contributed by atoms with van der Waals surface area (Å²) in [6, 6.07) is 26.8. The number of fused-ring (bicyclic) bond motifs is 1. The Balaban J connectivity index is 1.55. The molecule has 24 heavy (non-hydrogen) atoms. The van der Waals surface area contributed by atoms with Gasteiger partial charge in [-0.3, -0.25) is 0 Å². The van der Waals surface area contributed by atoms with Crippen molar-refractivity contribution in [1.29, 1.82) is 0 Å². The van der Waals surface area contributed by atoms with Crippen molar-refractivity contribution in [3.05, 3.63) is 83.9 Å². The van der Waals surface area contributed by atoms with Gasteiger partial charge in [0.25, 0.3) is 0 Å². The monoisotopic (exact) mass is 314 g/mol. The topological polar surface area (TPSA) is 0 Å². The van der Waals surface area contributed by atoms with Crippen LogP contribution in [0, 0.1) is 5.92 Å². The van der Waals surface area contributed by atoms with E-state index in [1.807, 2.05) is 0 Å². The second-order valence-corrected chi connectivity index (χ2v) is 7.53. The van der Waals surface area contributed by atoms with Crippen molar-refractivity contribution in [1.82, 2.24) is 0 Å². The zero-order valence-electron chi connectivity index (χ0n) is 14.5. The Kier molecular flexibility index (Phi) is 4.38. The SMILES string of the molecule is C[C@@H](C[C@H](CC1CC1)c1ccccc1)c1ccc2ccccc2c1. The van der Waals surface area contributed by atoms with Crippen molar-refractivity contribution >= 4 is 10.8 Å². The van der Waals surface area contributed by atoms with Crippen LogP contribution in [-0.2, 0) is 0 Å². The molecule has 4 rings (SSSR count). The number of benzene rings is 3. The summed E-state index contributed by atoms with van der Waals surface area (Å²) in [4.78, 5) is 0. The molecule has 3 aromatic rings. The van der Waals surface area contributed by atoms with Crippen LogP contribution >= 0.6 is 0 Å². The van der Waals surface area contributed by atoms with Crippen LogP contribution < -0.4 is 0 Å². The first-order valence-corrected chi connectivity index (χ1v) is 9.33. The fraction of sp³-hybridized carbons (Fsp3) is 0.333. The van der Waals surface area contributed by atoms with Crippen molar-refractivity contribution in [3.63, 3.8) is 0 Å². The summed E-state index contributed by atoms with van der Waals surface area (Å²) in [6.07, 6.45) is 5.49. The van der Waals surface area contributed by atoms with Gasteiger partial charge in [-0.25, -0.2) is 0 Å². The van der Waals surface area contributed by atoms with Gasteiger partial charge in [0.2, 0.25) is 0 Å². The normalized spacial score (nSPS) is 16.9. The molecule has 0 aliphatic heterocycles. The molecule has 0 N–H and O–H groups in total. The van der Waals surface area contributed by atoms with Gasteiger partial charge >= 0.3 is 0 Å². The van der Waals surface area contributed by atoms with Gasteiger partial charge in [-0.2, -0.15) is 0 Å². The van der Waals surface area contributed by atoms with Crippen LogP contribution in [0.15, 0.2) is 72.8 Å². The lowest BCUT2D eigenvalue weighted by Gasteiger charge is -2.22. The summed E-state index contributed by atoms with van der Waals surface area (Å²) >= 11 is 0. The molecule has 1 fully saturated rings. The first-order valence-electron chi connectivity index (χ1n) is 9.33. The molecule has 0 bridgehead atoms. The largest absolute Gasteiger partial charge is 0.0622 e. The summed E-state index contributed by atoms with van der Waals surface area (Å²) in [7, 11) is 0. The summed E-state index contributed by atoms with van der Waals surface area (Å²) in [5.41, 5.74) is 3.00. The first-order chi connectivity index (χ1) is 11.8. The lowest BCUT2D eigenvalue weighted by atomic mass is 9.83. The molecular weight excluding hydrogens is 288 g/mol. The molecule has 0 heterocycles. The van der Waals surface area contributed by atoms with E-state index in [0.717, 1.165) is 5.92 Å². The van der Waals surface area contributed by atoms with Crippen LogP contribution in [0.3, 0.4) is 0 Å². The van der Waals surface area contributed by atoms with Crippen LogP contribution in [0.4, 0.5) is 0 Å². The van der Waals surface area contributed by atoms with Gasteiger partial charge in [-0.15, -0.1) is 0 Å². The molecule has 3 aromatic carbocycles. The van der Waals surface area contributed by atoms with E-state index in [1.54, 1.807) is 0 Å². The lowest BCUT2D eigenvalue weighted by molar-refractivity contribution is 0.499. The maximum absolute atomic E-state index is 2.40. The van der Waals surface area contributed by atoms with Gasteiger partial charge in [0.15, 0.2) is 0 Å². The molecule has 0 saturated heterocycles. The van der Waals surface area contributed by atoms with E-state index in [-0.39, 0.29) is 0 Å². The van der Waals surface area contributed by atoms with Crippen molar-refractivity contribution in [2.75, 3.05) is 0 Å². The predicted octanol–water partition coefficient (Wildman–Crippen LogP) is 6.92. The van der Waals surface area contributed by atoms with E-state index >= 15 is 0 Å². The Morgan fingerprint density at radius 1 is 0.792 bits per heavy atom. The van der Waals surface area contributed by atoms with Gasteiger partial charge < -0.3 is 0 Å². The van der Waals surface area contributed by atoms with Crippen LogP contribution in [-0.4, -0.2) is 0 Å². The Bertz CT molecular complexity index is 798. The molecule has 1 saturated carbocycles. The van der Waals surface area contributed by atoms with E-state index < -0.39 is 0 Å².